The van der Waals surface area contributed by atoms with Crippen LogP contribution < -0.4 is 10.6 Å². The zero-order valence-corrected chi connectivity index (χ0v) is 32.8. The van der Waals surface area contributed by atoms with E-state index in [1.54, 1.807) is 12.2 Å². The second-order valence-corrected chi connectivity index (χ2v) is 14.2. The Morgan fingerprint density at radius 1 is 0.759 bits per heavy atom. The number of esters is 1. The number of carbonyl (C=O) groups is 4. The molecule has 3 atom stereocenters. The topological polar surface area (TPSA) is 144 Å². The molecule has 1 aliphatic carbocycles. The molecule has 0 bridgehead atoms. The predicted molar refractivity (Wildman–Crippen MR) is 222 cm³/mol. The normalized spacial score (nSPS) is 13.2. The average Bonchev–Trinajstić information content (AvgIpc) is 3.57. The number of alkyl carbamates (subject to hydrolysis) is 1. The van der Waals surface area contributed by atoms with Gasteiger partial charge in [-0.25, -0.2) is 9.59 Å². The molecular formula is C47H53N3O8. The summed E-state index contributed by atoms with van der Waals surface area (Å²) in [5, 5.41) is 15.3. The molecule has 0 saturated carbocycles. The number of carbonyl (C=O) groups excluding carboxylic acids is 4. The van der Waals surface area contributed by atoms with Gasteiger partial charge >= 0.3 is 12.1 Å². The summed E-state index contributed by atoms with van der Waals surface area (Å²) in [6.45, 7) is 7.76. The lowest BCUT2D eigenvalue weighted by Crippen LogP contribution is -2.47. The van der Waals surface area contributed by atoms with Gasteiger partial charge in [0.2, 0.25) is 11.8 Å². The van der Waals surface area contributed by atoms with Crippen molar-refractivity contribution in [2.24, 2.45) is 5.92 Å². The molecule has 3 amide bonds. The fourth-order valence-electron chi connectivity index (χ4n) is 6.98. The third kappa shape index (κ3) is 12.5. The monoisotopic (exact) mass is 787 g/mol. The van der Waals surface area contributed by atoms with E-state index in [1.807, 2.05) is 97.1 Å². The van der Waals surface area contributed by atoms with Crippen LogP contribution >= 0.6 is 0 Å². The summed E-state index contributed by atoms with van der Waals surface area (Å²) < 4.78 is 17.4. The summed E-state index contributed by atoms with van der Waals surface area (Å²) >= 11 is 0. The highest BCUT2D eigenvalue weighted by atomic mass is 16.6. The molecule has 0 saturated heterocycles. The zero-order chi connectivity index (χ0) is 41.1. The molecule has 0 aliphatic heterocycles. The van der Waals surface area contributed by atoms with Crippen LogP contribution in [-0.4, -0.2) is 78.9 Å². The zero-order valence-electron chi connectivity index (χ0n) is 32.8. The summed E-state index contributed by atoms with van der Waals surface area (Å²) in [5.74, 6) is -2.39. The summed E-state index contributed by atoms with van der Waals surface area (Å²) in [5.41, 5.74) is 6.14. The lowest BCUT2D eigenvalue weighted by Gasteiger charge is -2.26. The lowest BCUT2D eigenvalue weighted by molar-refractivity contribution is -0.148. The van der Waals surface area contributed by atoms with Crippen LogP contribution in [0.4, 0.5) is 4.79 Å². The Morgan fingerprint density at radius 3 is 2.00 bits per heavy atom. The molecule has 0 fully saturated rings. The van der Waals surface area contributed by atoms with Gasteiger partial charge in [-0.1, -0.05) is 121 Å². The van der Waals surface area contributed by atoms with Crippen molar-refractivity contribution in [3.05, 3.63) is 157 Å². The fourth-order valence-corrected chi connectivity index (χ4v) is 6.98. The number of fused-ring (bicyclic) bond motifs is 3. The quantitative estimate of drug-likeness (QED) is 0.0557. The minimum atomic E-state index is -1.05. The third-order valence-corrected chi connectivity index (χ3v) is 9.97. The minimum absolute atomic E-state index is 0.00948. The Labute approximate surface area is 340 Å². The number of ether oxygens (including phenoxy) is 3. The van der Waals surface area contributed by atoms with Crippen molar-refractivity contribution in [1.29, 1.82) is 0 Å². The van der Waals surface area contributed by atoms with Gasteiger partial charge in [0.05, 0.1) is 31.8 Å². The first-order chi connectivity index (χ1) is 28.3. The van der Waals surface area contributed by atoms with Crippen molar-refractivity contribution in [3.63, 3.8) is 0 Å². The van der Waals surface area contributed by atoms with Gasteiger partial charge in [0.25, 0.3) is 0 Å². The standard InChI is InChI=1S/C47H53N3O8/c1-3-5-25-43(49-47(55)58-33-42-40-23-14-12-21-38(40)39-22-13-15-24-41(39)42)46(54)57-32-37(31-56-30-35-19-10-7-11-20-35)48-45(53)36(16-4-2)28-44(52)50(26-27-51)29-34-17-8-6-9-18-34/h3-4,6-15,17-24,36-37,42-43,51H,1-2,5,16,25-33H2,(H,48,53)(H,49,55)/t36-,37+,43+/m1/s1. The predicted octanol–water partition coefficient (Wildman–Crippen LogP) is 6.71. The van der Waals surface area contributed by atoms with Crippen LogP contribution in [0.1, 0.15) is 53.9 Å². The van der Waals surface area contributed by atoms with Crippen molar-refractivity contribution in [1.82, 2.24) is 15.5 Å². The van der Waals surface area contributed by atoms with Crippen LogP contribution in [0, 0.1) is 5.92 Å². The molecule has 1 aliphatic rings. The summed E-state index contributed by atoms with van der Waals surface area (Å²) in [7, 11) is 0. The summed E-state index contributed by atoms with van der Waals surface area (Å²) in [4.78, 5) is 55.5. The molecule has 0 aromatic heterocycles. The van der Waals surface area contributed by atoms with E-state index in [2.05, 4.69) is 35.9 Å². The Bertz CT molecular complexity index is 1930. The number of rotatable bonds is 23. The molecule has 11 heteroatoms. The first kappa shape index (κ1) is 43.1. The lowest BCUT2D eigenvalue weighted by atomic mass is 9.98. The molecule has 3 N–H and O–H groups in total. The number of hydrogen-bond donors (Lipinski definition) is 3. The van der Waals surface area contributed by atoms with Gasteiger partial charge in [-0.3, -0.25) is 9.59 Å². The molecule has 4 aromatic carbocycles. The van der Waals surface area contributed by atoms with E-state index >= 15 is 0 Å². The molecular weight excluding hydrogens is 735 g/mol. The van der Waals surface area contributed by atoms with Gasteiger partial charge in [0.15, 0.2) is 0 Å². The number of allylic oxidation sites excluding steroid dienone is 2. The maximum absolute atomic E-state index is 13.8. The molecule has 304 valence electrons. The summed E-state index contributed by atoms with van der Waals surface area (Å²) in [6, 6.07) is 33.1. The Hall–Kier alpha value is -6.04. The van der Waals surface area contributed by atoms with E-state index in [9.17, 15) is 24.3 Å². The third-order valence-electron chi connectivity index (χ3n) is 9.97. The minimum Gasteiger partial charge on any atom is -0.462 e. The molecule has 4 aromatic rings. The highest BCUT2D eigenvalue weighted by molar-refractivity contribution is 5.86. The highest BCUT2D eigenvalue weighted by Crippen LogP contribution is 2.44. The van der Waals surface area contributed by atoms with Crippen LogP contribution in [0.2, 0.25) is 0 Å². The van der Waals surface area contributed by atoms with Crippen LogP contribution in [0.5, 0.6) is 0 Å². The maximum atomic E-state index is 13.8. The van der Waals surface area contributed by atoms with Crippen molar-refractivity contribution in [2.75, 3.05) is 33.0 Å². The number of benzene rings is 4. The van der Waals surface area contributed by atoms with E-state index in [0.29, 0.717) is 6.42 Å². The van der Waals surface area contributed by atoms with Crippen LogP contribution in [0.25, 0.3) is 11.1 Å². The summed E-state index contributed by atoms with van der Waals surface area (Å²) in [6.07, 6.45) is 3.16. The van der Waals surface area contributed by atoms with Gasteiger partial charge in [0, 0.05) is 25.4 Å². The van der Waals surface area contributed by atoms with E-state index in [4.69, 9.17) is 14.2 Å². The number of aliphatic hydroxyl groups excluding tert-OH is 1. The number of aliphatic hydroxyl groups is 1. The average molecular weight is 788 g/mol. The molecule has 0 spiro atoms. The Morgan fingerprint density at radius 2 is 1.38 bits per heavy atom. The molecule has 5 rings (SSSR count). The van der Waals surface area contributed by atoms with E-state index in [1.165, 1.54) is 4.90 Å². The molecule has 11 nitrogen and oxygen atoms in total. The number of hydrogen-bond acceptors (Lipinski definition) is 8. The SMILES string of the molecule is C=CCC[C@H](NC(=O)OCC1c2ccccc2-c2ccccc21)C(=O)OC[C@H](COCc1ccccc1)NC(=O)[C@H](CC=C)CC(=O)N(CCO)Cc1ccccc1. The Kier molecular flexibility index (Phi) is 16.8. The van der Waals surface area contributed by atoms with E-state index in [0.717, 1.165) is 33.4 Å². The van der Waals surface area contributed by atoms with Crippen molar-refractivity contribution in [2.45, 2.75) is 56.8 Å². The van der Waals surface area contributed by atoms with Gasteiger partial charge in [-0.15, -0.1) is 13.2 Å². The second kappa shape index (κ2) is 22.6. The van der Waals surface area contributed by atoms with E-state index < -0.39 is 36.0 Å². The van der Waals surface area contributed by atoms with Gasteiger partial charge < -0.3 is 34.9 Å². The number of nitrogens with one attached hydrogen (secondary N) is 2. The first-order valence-electron chi connectivity index (χ1n) is 19.7. The van der Waals surface area contributed by atoms with Crippen molar-refractivity contribution < 1.29 is 38.5 Å². The van der Waals surface area contributed by atoms with E-state index in [-0.39, 0.29) is 77.2 Å². The first-order valence-corrected chi connectivity index (χ1v) is 19.7. The second-order valence-electron chi connectivity index (χ2n) is 14.2. The van der Waals surface area contributed by atoms with Crippen LogP contribution in [0.3, 0.4) is 0 Å². The Balaban J connectivity index is 1.22. The van der Waals surface area contributed by atoms with Gasteiger partial charge in [-0.05, 0) is 52.6 Å². The smallest absolute Gasteiger partial charge is 0.407 e. The van der Waals surface area contributed by atoms with Crippen LogP contribution in [-0.2, 0) is 41.7 Å². The largest absolute Gasteiger partial charge is 0.462 e. The fraction of sp³-hybridized carbons (Fsp3) is 0.319. The van der Waals surface area contributed by atoms with Gasteiger partial charge in [-0.2, -0.15) is 0 Å². The van der Waals surface area contributed by atoms with Gasteiger partial charge in [0.1, 0.15) is 19.3 Å². The molecule has 0 unspecified atom stereocenters. The molecule has 0 radical (unpaired) electrons. The van der Waals surface area contributed by atoms with Crippen molar-refractivity contribution in [3.8, 4) is 11.1 Å². The molecule has 0 heterocycles. The number of nitrogens with zero attached hydrogens (tertiary/aromatic N) is 1. The molecule has 58 heavy (non-hydrogen) atoms. The maximum Gasteiger partial charge on any atom is 0.407 e. The number of amides is 3. The van der Waals surface area contributed by atoms with Crippen molar-refractivity contribution >= 4 is 23.9 Å². The highest BCUT2D eigenvalue weighted by Gasteiger charge is 2.31. The van der Waals surface area contributed by atoms with Crippen LogP contribution in [0.15, 0.2) is 135 Å².